The van der Waals surface area contributed by atoms with E-state index in [0.29, 0.717) is 4.91 Å². The first-order chi connectivity index (χ1) is 15.5. The maximum absolute atomic E-state index is 11.9. The molecule has 7 nitrogen and oxygen atoms in total. The summed E-state index contributed by atoms with van der Waals surface area (Å²) in [5, 5.41) is 2.86. The summed E-state index contributed by atoms with van der Waals surface area (Å²) >= 11 is 0.916. The number of imide groups is 1. The van der Waals surface area contributed by atoms with E-state index in [9.17, 15) is 9.59 Å². The Balaban J connectivity index is 1.57. The van der Waals surface area contributed by atoms with E-state index < -0.39 is 0 Å². The predicted molar refractivity (Wildman–Crippen MR) is 129 cm³/mol. The molecule has 3 aromatic rings. The van der Waals surface area contributed by atoms with Crippen LogP contribution in [-0.2, 0) is 4.79 Å². The molecule has 162 valence electrons. The average molecular weight is 446 g/mol. The summed E-state index contributed by atoms with van der Waals surface area (Å²) in [5.41, 5.74) is 6.02. The molecule has 8 heteroatoms. The maximum atomic E-state index is 11.9. The van der Waals surface area contributed by atoms with Crippen molar-refractivity contribution in [2.75, 3.05) is 38.1 Å². The van der Waals surface area contributed by atoms with Gasteiger partial charge in [-0.2, -0.15) is 0 Å². The molecule has 2 amide bonds. The van der Waals surface area contributed by atoms with Crippen molar-refractivity contribution in [3.05, 3.63) is 58.8 Å². The van der Waals surface area contributed by atoms with E-state index in [2.05, 4.69) is 57.3 Å². The van der Waals surface area contributed by atoms with Crippen LogP contribution in [0.15, 0.2) is 47.6 Å². The zero-order valence-electron chi connectivity index (χ0n) is 18.0. The minimum Gasteiger partial charge on any atom is -0.369 e. The molecule has 0 atom stereocenters. The van der Waals surface area contributed by atoms with Crippen LogP contribution < -0.4 is 10.2 Å². The SMILES string of the molecule is Cc1c(-c2ncnc3ccc(/C=C4\SC(=O)NC4=O)cc23)cccc1N1CCN(C)CC1. The molecule has 0 bridgehead atoms. The monoisotopic (exact) mass is 445 g/mol. The first kappa shape index (κ1) is 20.7. The molecule has 3 heterocycles. The number of amides is 2. The Morgan fingerprint density at radius 2 is 1.88 bits per heavy atom. The average Bonchev–Trinajstić information content (AvgIpc) is 3.11. The molecule has 2 aromatic carbocycles. The number of piperazine rings is 1. The number of nitrogens with zero attached hydrogens (tertiary/aromatic N) is 4. The zero-order valence-corrected chi connectivity index (χ0v) is 18.8. The fourth-order valence-electron chi connectivity index (χ4n) is 4.22. The molecule has 0 aliphatic carbocycles. The molecule has 0 radical (unpaired) electrons. The molecule has 0 saturated carbocycles. The normalized spacial score (nSPS) is 18.6. The minimum absolute atomic E-state index is 0.345. The Morgan fingerprint density at radius 3 is 2.62 bits per heavy atom. The Kier molecular flexibility index (Phi) is 5.40. The van der Waals surface area contributed by atoms with Crippen LogP contribution in [0.5, 0.6) is 0 Å². The van der Waals surface area contributed by atoms with Gasteiger partial charge < -0.3 is 9.80 Å². The van der Waals surface area contributed by atoms with Crippen molar-refractivity contribution in [2.24, 2.45) is 0 Å². The number of hydrogen-bond acceptors (Lipinski definition) is 7. The summed E-state index contributed by atoms with van der Waals surface area (Å²) in [6, 6.07) is 12.2. The Labute approximate surface area is 190 Å². The van der Waals surface area contributed by atoms with Gasteiger partial charge in [-0.25, -0.2) is 9.97 Å². The molecular formula is C24H23N5O2S. The summed E-state index contributed by atoms with van der Waals surface area (Å²) in [6.45, 7) is 6.25. The molecule has 32 heavy (non-hydrogen) atoms. The minimum atomic E-state index is -0.361. The second-order valence-electron chi connectivity index (χ2n) is 8.09. The second-order valence-corrected chi connectivity index (χ2v) is 9.11. The number of nitrogens with one attached hydrogen (secondary N) is 1. The maximum Gasteiger partial charge on any atom is 0.290 e. The van der Waals surface area contributed by atoms with Gasteiger partial charge in [-0.3, -0.25) is 14.9 Å². The lowest BCUT2D eigenvalue weighted by molar-refractivity contribution is -0.115. The number of carbonyl (C=O) groups is 2. The van der Waals surface area contributed by atoms with Crippen LogP contribution in [-0.4, -0.2) is 59.2 Å². The van der Waals surface area contributed by atoms with Crippen LogP contribution in [0.1, 0.15) is 11.1 Å². The van der Waals surface area contributed by atoms with Crippen molar-refractivity contribution in [3.8, 4) is 11.3 Å². The van der Waals surface area contributed by atoms with Crippen molar-refractivity contribution in [1.82, 2.24) is 20.2 Å². The molecule has 1 N–H and O–H groups in total. The standard InChI is InChI=1S/C24H23N5O2S/c1-15-17(4-3-5-20(15)29-10-8-28(2)9-11-29)22-18-12-16(6-7-19(18)25-14-26-22)13-21-23(30)27-24(31)32-21/h3-7,12-14H,8-11H2,1-2H3,(H,27,30,31)/b21-13-. The molecule has 2 fully saturated rings. The van der Waals surface area contributed by atoms with E-state index in [4.69, 9.17) is 0 Å². The topological polar surface area (TPSA) is 78.4 Å². The lowest BCUT2D eigenvalue weighted by Crippen LogP contribution is -2.44. The van der Waals surface area contributed by atoms with E-state index in [1.54, 1.807) is 12.4 Å². The lowest BCUT2D eigenvalue weighted by Gasteiger charge is -2.35. The van der Waals surface area contributed by atoms with Crippen LogP contribution >= 0.6 is 11.8 Å². The van der Waals surface area contributed by atoms with Crippen LogP contribution in [0.4, 0.5) is 10.5 Å². The predicted octanol–water partition coefficient (Wildman–Crippen LogP) is 3.68. The van der Waals surface area contributed by atoms with Gasteiger partial charge in [-0.05, 0) is 61.1 Å². The molecule has 0 spiro atoms. The van der Waals surface area contributed by atoms with Crippen molar-refractivity contribution < 1.29 is 9.59 Å². The molecule has 5 rings (SSSR count). The van der Waals surface area contributed by atoms with Gasteiger partial charge in [-0.15, -0.1) is 0 Å². The highest BCUT2D eigenvalue weighted by Gasteiger charge is 2.25. The summed E-state index contributed by atoms with van der Waals surface area (Å²) in [6.07, 6.45) is 3.32. The van der Waals surface area contributed by atoms with Gasteiger partial charge in [0.1, 0.15) is 6.33 Å². The highest BCUT2D eigenvalue weighted by molar-refractivity contribution is 8.18. The van der Waals surface area contributed by atoms with E-state index in [1.807, 2.05) is 18.2 Å². The molecule has 2 aliphatic rings. The summed E-state index contributed by atoms with van der Waals surface area (Å²) in [7, 11) is 2.16. The third kappa shape index (κ3) is 3.87. The van der Waals surface area contributed by atoms with Gasteiger partial charge in [0.25, 0.3) is 11.1 Å². The Hall–Kier alpha value is -3.23. The third-order valence-corrected chi connectivity index (χ3v) is 6.81. The van der Waals surface area contributed by atoms with E-state index in [-0.39, 0.29) is 11.1 Å². The van der Waals surface area contributed by atoms with Crippen LogP contribution in [0.2, 0.25) is 0 Å². The summed E-state index contributed by atoms with van der Waals surface area (Å²) in [5.74, 6) is -0.361. The smallest absolute Gasteiger partial charge is 0.290 e. The van der Waals surface area contributed by atoms with Crippen molar-refractivity contribution in [1.29, 1.82) is 0 Å². The fourth-order valence-corrected chi connectivity index (χ4v) is 4.90. The molecular weight excluding hydrogens is 422 g/mol. The van der Waals surface area contributed by atoms with Gasteiger partial charge in [0.05, 0.1) is 16.1 Å². The first-order valence-electron chi connectivity index (χ1n) is 10.5. The second kappa shape index (κ2) is 8.37. The van der Waals surface area contributed by atoms with Crippen LogP contribution in [0, 0.1) is 6.92 Å². The molecule has 1 aromatic heterocycles. The number of fused-ring (bicyclic) bond motifs is 1. The van der Waals surface area contributed by atoms with Crippen molar-refractivity contribution >= 4 is 45.6 Å². The molecule has 2 aliphatic heterocycles. The van der Waals surface area contributed by atoms with Gasteiger partial charge >= 0.3 is 0 Å². The number of hydrogen-bond donors (Lipinski definition) is 1. The van der Waals surface area contributed by atoms with Gasteiger partial charge in [0.15, 0.2) is 0 Å². The van der Waals surface area contributed by atoms with Crippen molar-refractivity contribution in [3.63, 3.8) is 0 Å². The summed E-state index contributed by atoms with van der Waals surface area (Å²) < 4.78 is 0. The van der Waals surface area contributed by atoms with Crippen molar-refractivity contribution in [2.45, 2.75) is 6.92 Å². The van der Waals surface area contributed by atoms with Gasteiger partial charge in [-0.1, -0.05) is 18.2 Å². The largest absolute Gasteiger partial charge is 0.369 e. The molecule has 0 unspecified atom stereocenters. The van der Waals surface area contributed by atoms with Gasteiger partial charge in [0.2, 0.25) is 0 Å². The van der Waals surface area contributed by atoms with E-state index >= 15 is 0 Å². The first-order valence-corrected chi connectivity index (χ1v) is 11.3. The van der Waals surface area contributed by atoms with Crippen LogP contribution in [0.25, 0.3) is 28.2 Å². The highest BCUT2D eigenvalue weighted by Crippen LogP contribution is 2.34. The number of aromatic nitrogens is 2. The quantitative estimate of drug-likeness (QED) is 0.616. The van der Waals surface area contributed by atoms with Crippen LogP contribution in [0.3, 0.4) is 0 Å². The Bertz CT molecular complexity index is 1260. The number of carbonyl (C=O) groups excluding carboxylic acids is 2. The van der Waals surface area contributed by atoms with Gasteiger partial charge in [0, 0.05) is 42.8 Å². The highest BCUT2D eigenvalue weighted by atomic mass is 32.2. The number of likely N-dealkylation sites (N-methyl/N-ethyl adjacent to an activating group) is 1. The number of thioether (sulfide) groups is 1. The number of rotatable bonds is 3. The molecule has 2 saturated heterocycles. The number of benzene rings is 2. The lowest BCUT2D eigenvalue weighted by atomic mass is 9.98. The van der Waals surface area contributed by atoms with E-state index in [1.165, 1.54) is 11.3 Å². The van der Waals surface area contributed by atoms with E-state index in [0.717, 1.165) is 65.7 Å². The Morgan fingerprint density at radius 1 is 1.06 bits per heavy atom. The third-order valence-electron chi connectivity index (χ3n) is 6.00. The number of anilines is 1. The summed E-state index contributed by atoms with van der Waals surface area (Å²) in [4.78, 5) is 37.7. The fraction of sp³-hybridized carbons (Fsp3) is 0.250. The zero-order chi connectivity index (χ0) is 22.2.